The van der Waals surface area contributed by atoms with E-state index in [4.69, 9.17) is 0 Å². The monoisotopic (exact) mass is 407 g/mol. The predicted octanol–water partition coefficient (Wildman–Crippen LogP) is 7.09. The van der Waals surface area contributed by atoms with Crippen molar-refractivity contribution in [1.82, 2.24) is 0 Å². The van der Waals surface area contributed by atoms with Gasteiger partial charge in [-0.05, 0) is 47.1 Å². The molecule has 5 heteroatoms. The molecule has 0 saturated heterocycles. The molecule has 0 N–H and O–H groups in total. The van der Waals surface area contributed by atoms with Crippen LogP contribution in [-0.2, 0) is 6.18 Å². The molecule has 5 rings (SSSR count). The van der Waals surface area contributed by atoms with E-state index >= 15 is 0 Å². The lowest BCUT2D eigenvalue weighted by atomic mass is 9.71. The van der Waals surface area contributed by atoms with Crippen LogP contribution in [0.5, 0.6) is 0 Å². The second-order valence-electron chi connectivity index (χ2n) is 7.76. The smallest absolute Gasteiger partial charge is 0.256 e. The van der Waals surface area contributed by atoms with Gasteiger partial charge in [0.1, 0.15) is 5.83 Å². The Labute approximate surface area is 171 Å². The van der Waals surface area contributed by atoms with Gasteiger partial charge >= 0.3 is 6.18 Å². The van der Waals surface area contributed by atoms with Crippen LogP contribution in [0.3, 0.4) is 0 Å². The summed E-state index contributed by atoms with van der Waals surface area (Å²) in [6.07, 6.45) is 6.14. The fourth-order valence-corrected chi connectivity index (χ4v) is 4.46. The molecule has 0 amide bonds. The number of aliphatic imine (C=N–C) groups is 1. The Hall–Kier alpha value is -3.21. The molecule has 0 bridgehead atoms. The quantitative estimate of drug-likeness (QED) is 0.448. The molecule has 2 aromatic carbocycles. The Morgan fingerprint density at radius 2 is 1.77 bits per heavy atom. The lowest BCUT2D eigenvalue weighted by Crippen LogP contribution is -2.27. The third-order valence-corrected chi connectivity index (χ3v) is 5.82. The number of allylic oxidation sites excluding steroid dienone is 9. The highest BCUT2D eigenvalue weighted by atomic mass is 19.4. The van der Waals surface area contributed by atoms with Crippen LogP contribution in [0, 0.1) is 11.8 Å². The number of benzene rings is 2. The molecule has 1 heterocycles. The maximum atomic E-state index is 14.9. The maximum Gasteiger partial charge on any atom is 0.417 e. The highest BCUT2D eigenvalue weighted by Gasteiger charge is 2.37. The third-order valence-electron chi connectivity index (χ3n) is 5.82. The normalized spacial score (nSPS) is 23.0. The molecular weight excluding hydrogens is 390 g/mol. The van der Waals surface area contributed by atoms with E-state index in [1.807, 2.05) is 31.2 Å². The van der Waals surface area contributed by atoms with Gasteiger partial charge in [-0.25, -0.2) is 4.39 Å². The SMILES string of the molecule is CC1=CC2=C(F)C=C3C(c4cc(C(F)(F)F)c5ccccc5c4)=NC=CC3C2C=C1. The van der Waals surface area contributed by atoms with Crippen LogP contribution >= 0.6 is 0 Å². The molecule has 1 nitrogen and oxygen atoms in total. The first kappa shape index (κ1) is 18.8. The zero-order valence-corrected chi connectivity index (χ0v) is 16.0. The Balaban J connectivity index is 1.70. The van der Waals surface area contributed by atoms with Crippen LogP contribution < -0.4 is 0 Å². The van der Waals surface area contributed by atoms with Crippen LogP contribution in [0.25, 0.3) is 10.8 Å². The van der Waals surface area contributed by atoms with Gasteiger partial charge in [-0.2, -0.15) is 13.2 Å². The zero-order valence-electron chi connectivity index (χ0n) is 16.0. The first-order valence-corrected chi connectivity index (χ1v) is 9.66. The van der Waals surface area contributed by atoms with Crippen LogP contribution in [0.15, 0.2) is 101 Å². The lowest BCUT2D eigenvalue weighted by molar-refractivity contribution is -0.136. The highest BCUT2D eigenvalue weighted by molar-refractivity contribution is 6.16. The molecule has 150 valence electrons. The number of alkyl halides is 3. The molecule has 3 aliphatic rings. The third kappa shape index (κ3) is 2.96. The van der Waals surface area contributed by atoms with E-state index in [-0.39, 0.29) is 23.0 Å². The Morgan fingerprint density at radius 3 is 2.57 bits per heavy atom. The van der Waals surface area contributed by atoms with Crippen LogP contribution in [0.2, 0.25) is 0 Å². The summed E-state index contributed by atoms with van der Waals surface area (Å²) in [6.45, 7) is 1.91. The van der Waals surface area contributed by atoms with E-state index in [1.165, 1.54) is 12.1 Å². The molecule has 0 aromatic heterocycles. The van der Waals surface area contributed by atoms with Crippen molar-refractivity contribution in [2.24, 2.45) is 16.8 Å². The van der Waals surface area contributed by atoms with Gasteiger partial charge in [-0.1, -0.05) is 54.1 Å². The van der Waals surface area contributed by atoms with E-state index in [2.05, 4.69) is 4.99 Å². The summed E-state index contributed by atoms with van der Waals surface area (Å²) < 4.78 is 56.2. The van der Waals surface area contributed by atoms with Crippen molar-refractivity contribution in [2.45, 2.75) is 13.1 Å². The van der Waals surface area contributed by atoms with E-state index in [9.17, 15) is 17.6 Å². The fraction of sp³-hybridized carbons (Fsp3) is 0.160. The lowest BCUT2D eigenvalue weighted by Gasteiger charge is -2.33. The minimum absolute atomic E-state index is 0.138. The number of halogens is 4. The molecular formula is C25H17F4N. The van der Waals surface area contributed by atoms with E-state index in [0.29, 0.717) is 27.8 Å². The summed E-state index contributed by atoms with van der Waals surface area (Å²) in [4.78, 5) is 4.37. The van der Waals surface area contributed by atoms with Crippen LogP contribution in [0.4, 0.5) is 17.6 Å². The molecule has 2 aromatic rings. The summed E-state index contributed by atoms with van der Waals surface area (Å²) in [5, 5.41) is 0.611. The number of rotatable bonds is 1. The van der Waals surface area contributed by atoms with Gasteiger partial charge in [0.05, 0.1) is 11.3 Å². The maximum absolute atomic E-state index is 14.9. The molecule has 30 heavy (non-hydrogen) atoms. The molecule has 0 fully saturated rings. The minimum atomic E-state index is -4.51. The predicted molar refractivity (Wildman–Crippen MR) is 111 cm³/mol. The molecule has 2 aliphatic carbocycles. The average Bonchev–Trinajstić information content (AvgIpc) is 2.72. The first-order chi connectivity index (χ1) is 14.3. The van der Waals surface area contributed by atoms with E-state index < -0.39 is 11.7 Å². The summed E-state index contributed by atoms with van der Waals surface area (Å²) in [6, 6.07) is 9.21. The van der Waals surface area contributed by atoms with Gasteiger partial charge in [0.15, 0.2) is 0 Å². The van der Waals surface area contributed by atoms with Crippen molar-refractivity contribution in [3.8, 4) is 0 Å². The van der Waals surface area contributed by atoms with Gasteiger partial charge in [-0.3, -0.25) is 4.99 Å². The summed E-state index contributed by atoms with van der Waals surface area (Å²) in [7, 11) is 0. The summed E-state index contributed by atoms with van der Waals surface area (Å²) >= 11 is 0. The fourth-order valence-electron chi connectivity index (χ4n) is 4.46. The molecule has 2 unspecified atom stereocenters. The molecule has 2 atom stereocenters. The van der Waals surface area contributed by atoms with Crippen molar-refractivity contribution in [3.63, 3.8) is 0 Å². The number of fused-ring (bicyclic) bond motifs is 4. The second-order valence-corrected chi connectivity index (χ2v) is 7.76. The van der Waals surface area contributed by atoms with E-state index in [0.717, 1.165) is 11.6 Å². The van der Waals surface area contributed by atoms with Crippen molar-refractivity contribution in [2.75, 3.05) is 0 Å². The highest BCUT2D eigenvalue weighted by Crippen LogP contribution is 2.44. The molecule has 0 radical (unpaired) electrons. The number of hydrogen-bond donors (Lipinski definition) is 0. The molecule has 0 saturated carbocycles. The van der Waals surface area contributed by atoms with Gasteiger partial charge in [0, 0.05) is 23.6 Å². The van der Waals surface area contributed by atoms with Gasteiger partial charge in [0.2, 0.25) is 0 Å². The van der Waals surface area contributed by atoms with Gasteiger partial charge < -0.3 is 0 Å². The van der Waals surface area contributed by atoms with Crippen molar-refractivity contribution >= 4 is 16.5 Å². The Bertz CT molecular complexity index is 1250. The summed E-state index contributed by atoms with van der Waals surface area (Å²) in [5.41, 5.74) is 2.17. The Morgan fingerprint density at radius 1 is 0.967 bits per heavy atom. The van der Waals surface area contributed by atoms with E-state index in [1.54, 1.807) is 30.5 Å². The van der Waals surface area contributed by atoms with Crippen molar-refractivity contribution < 1.29 is 17.6 Å². The zero-order chi connectivity index (χ0) is 21.0. The van der Waals surface area contributed by atoms with Gasteiger partial charge in [0.25, 0.3) is 0 Å². The second kappa shape index (κ2) is 6.66. The standard InChI is InChI=1S/C25H17F4N/c1-14-6-7-18-19-8-9-30-24(21(19)13-23(26)20(18)10-14)16-11-15-4-2-3-5-17(15)22(12-16)25(27,28)29/h2-13,18-19H,1H3. The number of nitrogens with zero attached hydrogens (tertiary/aromatic N) is 1. The largest absolute Gasteiger partial charge is 0.417 e. The number of hydrogen-bond acceptors (Lipinski definition) is 1. The summed E-state index contributed by atoms with van der Waals surface area (Å²) in [5.74, 6) is -0.735. The molecule has 1 aliphatic heterocycles. The van der Waals surface area contributed by atoms with Gasteiger partial charge in [-0.15, -0.1) is 0 Å². The van der Waals surface area contributed by atoms with Crippen molar-refractivity contribution in [1.29, 1.82) is 0 Å². The minimum Gasteiger partial charge on any atom is -0.256 e. The topological polar surface area (TPSA) is 12.4 Å². The first-order valence-electron chi connectivity index (χ1n) is 9.66. The molecule has 0 spiro atoms. The van der Waals surface area contributed by atoms with Crippen LogP contribution in [-0.4, -0.2) is 5.71 Å². The van der Waals surface area contributed by atoms with Crippen LogP contribution in [0.1, 0.15) is 18.1 Å². The van der Waals surface area contributed by atoms with Crippen molar-refractivity contribution in [3.05, 3.63) is 107 Å². The Kier molecular flexibility index (Phi) is 4.17. The average molecular weight is 407 g/mol.